The maximum atomic E-state index is 6.24. The fourth-order valence-corrected chi connectivity index (χ4v) is 3.32. The number of aromatic nitrogens is 4. The van der Waals surface area contributed by atoms with Crippen LogP contribution in [0, 0.1) is 0 Å². The molecule has 2 atom stereocenters. The molecule has 0 amide bonds. The molecule has 7 nitrogen and oxygen atoms in total. The number of nitrogen functional groups attached to an aromatic ring is 1. The summed E-state index contributed by atoms with van der Waals surface area (Å²) in [5, 5.41) is 0.184. The van der Waals surface area contributed by atoms with Gasteiger partial charge in [0, 0.05) is 0 Å². The molecular formula is C16H25N5O2Si. The number of hydrogen-bond donors (Lipinski definition) is 1. The Labute approximate surface area is 143 Å². The van der Waals surface area contributed by atoms with Gasteiger partial charge in [-0.3, -0.25) is 4.57 Å². The van der Waals surface area contributed by atoms with E-state index >= 15 is 0 Å². The summed E-state index contributed by atoms with van der Waals surface area (Å²) >= 11 is 0. The molecule has 0 saturated carbocycles. The maximum Gasteiger partial charge on any atom is 0.192 e. The monoisotopic (exact) mass is 347 g/mol. The lowest BCUT2D eigenvalue weighted by Crippen LogP contribution is -2.42. The van der Waals surface area contributed by atoms with Crippen LogP contribution >= 0.6 is 0 Å². The number of hydrogen-bond acceptors (Lipinski definition) is 6. The van der Waals surface area contributed by atoms with E-state index in [1.807, 2.05) is 16.7 Å². The van der Waals surface area contributed by atoms with Crippen molar-refractivity contribution in [3.8, 4) is 0 Å². The van der Waals surface area contributed by atoms with Crippen molar-refractivity contribution in [2.75, 3.05) is 12.3 Å². The zero-order valence-corrected chi connectivity index (χ0v) is 15.9. The molecule has 3 heterocycles. The Hall–Kier alpha value is -1.77. The molecule has 2 N–H and O–H groups in total. The van der Waals surface area contributed by atoms with E-state index < -0.39 is 8.32 Å². The lowest BCUT2D eigenvalue weighted by Gasteiger charge is -2.36. The van der Waals surface area contributed by atoms with Gasteiger partial charge >= 0.3 is 0 Å². The molecule has 0 bridgehead atoms. The standard InChI is InChI=1S/C16H25N5O2Si/c1-16(2,3)24(4,5)22-8-11-6-7-12(23-11)21-10-20-13-14(17)18-9-19-15(13)21/h6-7,9-12H,8H2,1-5H3,(H2,17,18,19)/t11-,12+/m0/s1. The van der Waals surface area contributed by atoms with E-state index in [2.05, 4.69) is 48.8 Å². The van der Waals surface area contributed by atoms with E-state index in [0.717, 1.165) is 0 Å². The van der Waals surface area contributed by atoms with Gasteiger partial charge < -0.3 is 14.9 Å². The van der Waals surface area contributed by atoms with E-state index in [0.29, 0.717) is 23.6 Å². The van der Waals surface area contributed by atoms with Gasteiger partial charge in [-0.25, -0.2) is 15.0 Å². The highest BCUT2D eigenvalue weighted by atomic mass is 28.4. The van der Waals surface area contributed by atoms with Crippen LogP contribution < -0.4 is 5.73 Å². The Morgan fingerprint density at radius 1 is 1.25 bits per heavy atom. The zero-order chi connectivity index (χ0) is 17.5. The van der Waals surface area contributed by atoms with Crippen LogP contribution in [0.15, 0.2) is 24.8 Å². The van der Waals surface area contributed by atoms with Crippen molar-refractivity contribution in [3.63, 3.8) is 0 Å². The average molecular weight is 347 g/mol. The van der Waals surface area contributed by atoms with Crippen molar-refractivity contribution in [3.05, 3.63) is 24.8 Å². The molecule has 0 unspecified atom stereocenters. The molecular weight excluding hydrogens is 322 g/mol. The van der Waals surface area contributed by atoms with E-state index in [9.17, 15) is 0 Å². The summed E-state index contributed by atoms with van der Waals surface area (Å²) in [4.78, 5) is 12.5. The molecule has 0 aromatic carbocycles. The van der Waals surface area contributed by atoms with Crippen LogP contribution in [-0.2, 0) is 9.16 Å². The van der Waals surface area contributed by atoms with Gasteiger partial charge in [-0.1, -0.05) is 26.8 Å². The number of fused-ring (bicyclic) bond motifs is 1. The molecule has 0 spiro atoms. The maximum absolute atomic E-state index is 6.24. The van der Waals surface area contributed by atoms with Crippen LogP contribution in [0.4, 0.5) is 5.82 Å². The quantitative estimate of drug-likeness (QED) is 0.676. The largest absolute Gasteiger partial charge is 0.414 e. The Balaban J connectivity index is 1.68. The van der Waals surface area contributed by atoms with Gasteiger partial charge in [0.2, 0.25) is 0 Å². The zero-order valence-electron chi connectivity index (χ0n) is 14.9. The van der Waals surface area contributed by atoms with Crippen molar-refractivity contribution < 1.29 is 9.16 Å². The van der Waals surface area contributed by atoms with Gasteiger partial charge in [0.25, 0.3) is 0 Å². The molecule has 24 heavy (non-hydrogen) atoms. The van der Waals surface area contributed by atoms with Crippen molar-refractivity contribution in [2.24, 2.45) is 0 Å². The second kappa shape index (κ2) is 5.94. The van der Waals surface area contributed by atoms with E-state index in [4.69, 9.17) is 14.9 Å². The van der Waals surface area contributed by atoms with Gasteiger partial charge in [-0.15, -0.1) is 0 Å². The second-order valence-electron chi connectivity index (χ2n) is 7.60. The summed E-state index contributed by atoms with van der Waals surface area (Å²) in [5.41, 5.74) is 7.09. The predicted molar refractivity (Wildman–Crippen MR) is 95.9 cm³/mol. The van der Waals surface area contributed by atoms with Gasteiger partial charge in [-0.05, 0) is 24.2 Å². The first kappa shape index (κ1) is 17.1. The summed E-state index contributed by atoms with van der Waals surface area (Å²) in [7, 11) is -1.78. The molecule has 2 aromatic rings. The highest BCUT2D eigenvalue weighted by Crippen LogP contribution is 2.37. The van der Waals surface area contributed by atoms with Crippen molar-refractivity contribution in [1.29, 1.82) is 0 Å². The number of imidazole rings is 1. The normalized spacial score (nSPS) is 21.7. The lowest BCUT2D eigenvalue weighted by atomic mass is 10.2. The van der Waals surface area contributed by atoms with E-state index in [1.165, 1.54) is 6.33 Å². The van der Waals surface area contributed by atoms with Crippen molar-refractivity contribution in [2.45, 2.75) is 51.2 Å². The van der Waals surface area contributed by atoms with Gasteiger partial charge in [-0.2, -0.15) is 0 Å². The average Bonchev–Trinajstić information content (AvgIpc) is 3.10. The van der Waals surface area contributed by atoms with Crippen LogP contribution in [0.1, 0.15) is 27.0 Å². The van der Waals surface area contributed by atoms with Gasteiger partial charge in [0.1, 0.15) is 17.9 Å². The molecule has 130 valence electrons. The third-order valence-electron chi connectivity index (χ3n) is 4.88. The van der Waals surface area contributed by atoms with Crippen LogP contribution in [0.5, 0.6) is 0 Å². The number of nitrogens with zero attached hydrogens (tertiary/aromatic N) is 4. The van der Waals surface area contributed by atoms with E-state index in [1.54, 1.807) is 6.33 Å². The Morgan fingerprint density at radius 3 is 2.71 bits per heavy atom. The molecule has 0 radical (unpaired) electrons. The van der Waals surface area contributed by atoms with E-state index in [-0.39, 0.29) is 17.4 Å². The van der Waals surface area contributed by atoms with Crippen molar-refractivity contribution in [1.82, 2.24) is 19.5 Å². The van der Waals surface area contributed by atoms with Gasteiger partial charge in [0.05, 0.1) is 12.9 Å². The van der Waals surface area contributed by atoms with Crippen LogP contribution in [0.2, 0.25) is 18.1 Å². The molecule has 2 aromatic heterocycles. The summed E-state index contributed by atoms with van der Waals surface area (Å²) in [6.07, 6.45) is 6.83. The molecule has 3 rings (SSSR count). The highest BCUT2D eigenvalue weighted by Gasteiger charge is 2.38. The topological polar surface area (TPSA) is 88.1 Å². The van der Waals surface area contributed by atoms with Crippen LogP contribution in [0.3, 0.4) is 0 Å². The fourth-order valence-electron chi connectivity index (χ4n) is 2.31. The smallest absolute Gasteiger partial charge is 0.192 e. The lowest BCUT2D eigenvalue weighted by molar-refractivity contribution is -0.00380. The second-order valence-corrected chi connectivity index (χ2v) is 12.4. The molecule has 1 aliphatic rings. The number of rotatable bonds is 4. The predicted octanol–water partition coefficient (Wildman–Crippen LogP) is 2.88. The third-order valence-corrected chi connectivity index (χ3v) is 9.38. The van der Waals surface area contributed by atoms with Crippen LogP contribution in [0.25, 0.3) is 11.2 Å². The minimum Gasteiger partial charge on any atom is -0.414 e. The highest BCUT2D eigenvalue weighted by molar-refractivity contribution is 6.74. The summed E-state index contributed by atoms with van der Waals surface area (Å²) in [6, 6.07) is 0. The number of anilines is 1. The summed E-state index contributed by atoms with van der Waals surface area (Å²) < 4.78 is 14.2. The Morgan fingerprint density at radius 2 is 2.00 bits per heavy atom. The van der Waals surface area contributed by atoms with Crippen molar-refractivity contribution >= 4 is 25.3 Å². The van der Waals surface area contributed by atoms with Crippen LogP contribution in [-0.4, -0.2) is 40.5 Å². The SMILES string of the molecule is CC(C)(C)[Si](C)(C)OC[C@@H]1C=C[C@H](n2cnc3c(N)ncnc32)O1. The third kappa shape index (κ3) is 3.09. The minimum atomic E-state index is -1.78. The first-order valence-electron chi connectivity index (χ1n) is 8.10. The minimum absolute atomic E-state index is 0.0687. The number of ether oxygens (including phenoxy) is 1. The first-order chi connectivity index (χ1) is 11.2. The Kier molecular flexibility index (Phi) is 4.23. The number of nitrogens with two attached hydrogens (primary N) is 1. The Bertz CT molecular complexity index is 765. The summed E-state index contributed by atoms with van der Waals surface area (Å²) in [6.45, 7) is 11.7. The fraction of sp³-hybridized carbons (Fsp3) is 0.562. The molecule has 8 heteroatoms. The van der Waals surface area contributed by atoms with Gasteiger partial charge in [0.15, 0.2) is 26.0 Å². The first-order valence-corrected chi connectivity index (χ1v) is 11.0. The molecule has 0 saturated heterocycles. The molecule has 1 aliphatic heterocycles. The molecule has 0 fully saturated rings. The summed E-state index contributed by atoms with van der Waals surface area (Å²) in [5.74, 6) is 0.374. The molecule has 0 aliphatic carbocycles.